The fourth-order valence-corrected chi connectivity index (χ4v) is 2.01. The minimum Gasteiger partial charge on any atom is -0.369 e. The molecule has 2 heterocycles. The van der Waals surface area contributed by atoms with Gasteiger partial charge in [0.25, 0.3) is 0 Å². The van der Waals surface area contributed by atoms with E-state index >= 15 is 0 Å². The zero-order valence-corrected chi connectivity index (χ0v) is 10.4. The van der Waals surface area contributed by atoms with Crippen LogP contribution in [-0.2, 0) is 0 Å². The molecule has 1 aliphatic rings. The Kier molecular flexibility index (Phi) is 4.14. The Morgan fingerprint density at radius 1 is 1.47 bits per heavy atom. The summed E-state index contributed by atoms with van der Waals surface area (Å²) >= 11 is 0. The number of rotatable bonds is 4. The minimum absolute atomic E-state index is 0.612. The van der Waals surface area contributed by atoms with E-state index in [1.54, 1.807) is 6.20 Å². The van der Waals surface area contributed by atoms with Gasteiger partial charge in [-0.1, -0.05) is 6.92 Å². The van der Waals surface area contributed by atoms with Crippen molar-refractivity contribution in [1.29, 1.82) is 0 Å². The summed E-state index contributed by atoms with van der Waals surface area (Å²) in [5, 5.41) is 3.18. The molecular weight excluding hydrogens is 214 g/mol. The molecule has 1 aromatic heterocycles. The lowest BCUT2D eigenvalue weighted by atomic mass is 10.00. The molecule has 0 aliphatic carbocycles. The number of aromatic nitrogens is 2. The summed E-state index contributed by atoms with van der Waals surface area (Å²) in [6.45, 7) is 5.77. The van der Waals surface area contributed by atoms with Gasteiger partial charge in [0.2, 0.25) is 5.95 Å². The van der Waals surface area contributed by atoms with Gasteiger partial charge in [0.15, 0.2) is 0 Å². The normalized spacial score (nSPS) is 17.2. The van der Waals surface area contributed by atoms with Crippen molar-refractivity contribution in [3.8, 4) is 0 Å². The lowest BCUT2D eigenvalue weighted by Gasteiger charge is -2.30. The van der Waals surface area contributed by atoms with E-state index in [-0.39, 0.29) is 0 Å². The maximum absolute atomic E-state index is 5.46. The van der Waals surface area contributed by atoms with Gasteiger partial charge in [-0.05, 0) is 24.8 Å². The van der Waals surface area contributed by atoms with Crippen molar-refractivity contribution in [2.45, 2.75) is 19.8 Å². The number of nitrogens with one attached hydrogen (secondary N) is 1. The number of piperidine rings is 1. The summed E-state index contributed by atoms with van der Waals surface area (Å²) in [6.07, 6.45) is 4.26. The van der Waals surface area contributed by atoms with E-state index in [0.29, 0.717) is 6.54 Å². The van der Waals surface area contributed by atoms with E-state index in [4.69, 9.17) is 5.73 Å². The van der Waals surface area contributed by atoms with Crippen LogP contribution in [0.3, 0.4) is 0 Å². The first-order valence-electron chi connectivity index (χ1n) is 6.31. The molecule has 1 aromatic rings. The van der Waals surface area contributed by atoms with Gasteiger partial charge in [-0.15, -0.1) is 0 Å². The quantitative estimate of drug-likeness (QED) is 0.817. The first-order chi connectivity index (χ1) is 8.29. The predicted octanol–water partition coefficient (Wildman–Crippen LogP) is 1.08. The maximum Gasteiger partial charge on any atom is 0.227 e. The molecule has 1 fully saturated rings. The molecule has 0 spiro atoms. The van der Waals surface area contributed by atoms with Crippen LogP contribution in [0.15, 0.2) is 12.3 Å². The third-order valence-electron chi connectivity index (χ3n) is 3.16. The monoisotopic (exact) mass is 235 g/mol. The molecule has 0 radical (unpaired) electrons. The highest BCUT2D eigenvalue weighted by Crippen LogP contribution is 2.20. The van der Waals surface area contributed by atoms with Gasteiger partial charge < -0.3 is 16.0 Å². The molecule has 94 valence electrons. The third-order valence-corrected chi connectivity index (χ3v) is 3.16. The van der Waals surface area contributed by atoms with E-state index in [2.05, 4.69) is 27.1 Å². The van der Waals surface area contributed by atoms with Crippen LogP contribution in [0, 0.1) is 5.92 Å². The maximum atomic E-state index is 5.46. The summed E-state index contributed by atoms with van der Waals surface area (Å²) in [5.41, 5.74) is 5.46. The molecule has 1 saturated heterocycles. The Bertz CT molecular complexity index is 347. The van der Waals surface area contributed by atoms with Crippen molar-refractivity contribution in [2.24, 2.45) is 11.7 Å². The molecular formula is C12H21N5. The van der Waals surface area contributed by atoms with E-state index in [1.807, 2.05) is 6.07 Å². The van der Waals surface area contributed by atoms with Crippen LogP contribution in [-0.4, -0.2) is 36.1 Å². The standard InChI is InChI=1S/C12H21N5/c1-10-3-8-17(9-4-10)12-15-6-2-11(16-12)14-7-5-13/h2,6,10H,3-5,7-9,13H2,1H3,(H,14,15,16). The summed E-state index contributed by atoms with van der Waals surface area (Å²) in [4.78, 5) is 11.1. The number of anilines is 2. The molecule has 1 aliphatic heterocycles. The summed E-state index contributed by atoms with van der Waals surface area (Å²) in [6, 6.07) is 1.88. The highest BCUT2D eigenvalue weighted by Gasteiger charge is 2.17. The Labute approximate surface area is 102 Å². The minimum atomic E-state index is 0.612. The van der Waals surface area contributed by atoms with Crippen molar-refractivity contribution in [3.05, 3.63) is 12.3 Å². The van der Waals surface area contributed by atoms with E-state index in [0.717, 1.165) is 37.3 Å². The van der Waals surface area contributed by atoms with Gasteiger partial charge in [0, 0.05) is 32.4 Å². The highest BCUT2D eigenvalue weighted by atomic mass is 15.3. The lowest BCUT2D eigenvalue weighted by Crippen LogP contribution is -2.34. The summed E-state index contributed by atoms with van der Waals surface area (Å²) in [5.74, 6) is 2.52. The first-order valence-corrected chi connectivity index (χ1v) is 6.31. The molecule has 2 rings (SSSR count). The number of hydrogen-bond donors (Lipinski definition) is 2. The van der Waals surface area contributed by atoms with E-state index in [9.17, 15) is 0 Å². The Hall–Kier alpha value is -1.36. The van der Waals surface area contributed by atoms with Gasteiger partial charge in [-0.25, -0.2) is 4.98 Å². The Morgan fingerprint density at radius 3 is 2.94 bits per heavy atom. The smallest absolute Gasteiger partial charge is 0.227 e. The summed E-state index contributed by atoms with van der Waals surface area (Å²) in [7, 11) is 0. The van der Waals surface area contributed by atoms with Gasteiger partial charge in [-0.2, -0.15) is 4.98 Å². The second kappa shape index (κ2) is 5.82. The zero-order valence-electron chi connectivity index (χ0n) is 10.4. The second-order valence-corrected chi connectivity index (χ2v) is 4.63. The van der Waals surface area contributed by atoms with Gasteiger partial charge in [0.05, 0.1) is 0 Å². The highest BCUT2D eigenvalue weighted by molar-refractivity contribution is 5.41. The molecule has 17 heavy (non-hydrogen) atoms. The van der Waals surface area contributed by atoms with Crippen LogP contribution in [0.4, 0.5) is 11.8 Å². The molecule has 0 saturated carbocycles. The third kappa shape index (κ3) is 3.30. The first kappa shape index (κ1) is 12.1. The van der Waals surface area contributed by atoms with Crippen molar-refractivity contribution in [1.82, 2.24) is 9.97 Å². The SMILES string of the molecule is CC1CCN(c2nccc(NCCN)n2)CC1. The average molecular weight is 235 g/mol. The zero-order chi connectivity index (χ0) is 12.1. The lowest BCUT2D eigenvalue weighted by molar-refractivity contribution is 0.434. The molecule has 0 atom stereocenters. The van der Waals surface area contributed by atoms with Gasteiger partial charge >= 0.3 is 0 Å². The van der Waals surface area contributed by atoms with Crippen LogP contribution < -0.4 is 16.0 Å². The fraction of sp³-hybridized carbons (Fsp3) is 0.667. The molecule has 0 aromatic carbocycles. The van der Waals surface area contributed by atoms with E-state index in [1.165, 1.54) is 12.8 Å². The van der Waals surface area contributed by atoms with Crippen molar-refractivity contribution < 1.29 is 0 Å². The topological polar surface area (TPSA) is 67.1 Å². The number of nitrogens with zero attached hydrogens (tertiary/aromatic N) is 3. The molecule has 3 N–H and O–H groups in total. The van der Waals surface area contributed by atoms with Crippen molar-refractivity contribution in [2.75, 3.05) is 36.4 Å². The molecule has 0 unspecified atom stereocenters. The largest absolute Gasteiger partial charge is 0.369 e. The summed E-state index contributed by atoms with van der Waals surface area (Å²) < 4.78 is 0. The van der Waals surface area contributed by atoms with Crippen molar-refractivity contribution >= 4 is 11.8 Å². The van der Waals surface area contributed by atoms with Gasteiger partial charge in [0.1, 0.15) is 5.82 Å². The number of hydrogen-bond acceptors (Lipinski definition) is 5. The predicted molar refractivity (Wildman–Crippen MR) is 70.2 cm³/mol. The Morgan fingerprint density at radius 2 is 2.24 bits per heavy atom. The van der Waals surface area contributed by atoms with Crippen LogP contribution in [0.1, 0.15) is 19.8 Å². The number of nitrogens with two attached hydrogens (primary N) is 1. The van der Waals surface area contributed by atoms with E-state index < -0.39 is 0 Å². The van der Waals surface area contributed by atoms with Crippen LogP contribution in [0.25, 0.3) is 0 Å². The molecule has 0 amide bonds. The van der Waals surface area contributed by atoms with Crippen LogP contribution in [0.5, 0.6) is 0 Å². The molecule has 5 nitrogen and oxygen atoms in total. The molecule has 0 bridgehead atoms. The van der Waals surface area contributed by atoms with Crippen molar-refractivity contribution in [3.63, 3.8) is 0 Å². The average Bonchev–Trinajstić information content (AvgIpc) is 2.37. The van der Waals surface area contributed by atoms with Crippen LogP contribution >= 0.6 is 0 Å². The fourth-order valence-electron chi connectivity index (χ4n) is 2.01. The second-order valence-electron chi connectivity index (χ2n) is 4.63. The molecule has 5 heteroatoms. The van der Waals surface area contributed by atoms with Gasteiger partial charge in [-0.3, -0.25) is 0 Å². The van der Waals surface area contributed by atoms with Crippen LogP contribution in [0.2, 0.25) is 0 Å². The Balaban J connectivity index is 2.00.